The van der Waals surface area contributed by atoms with Gasteiger partial charge in [0.2, 0.25) is 5.96 Å². The molecule has 0 spiro atoms. The van der Waals surface area contributed by atoms with E-state index >= 15 is 0 Å². The molecule has 0 aromatic rings. The van der Waals surface area contributed by atoms with Crippen LogP contribution in [-0.2, 0) is 0 Å². The fourth-order valence-corrected chi connectivity index (χ4v) is 0.434. The molecule has 1 atom stereocenters. The third-order valence-corrected chi connectivity index (χ3v) is 0.975. The number of aliphatic hydroxyl groups is 1. The van der Waals surface area contributed by atoms with Gasteiger partial charge in [-0.2, -0.15) is 4.99 Å². The summed E-state index contributed by atoms with van der Waals surface area (Å²) in [4.78, 5) is 6.56. The van der Waals surface area contributed by atoms with Crippen LogP contribution in [0.1, 0.15) is 0 Å². The number of aliphatic hydroxyl groups excluding tert-OH is 1. The molecule has 0 aromatic carbocycles. The minimum atomic E-state index is -2.87. The Hall–Kier alpha value is -1.44. The van der Waals surface area contributed by atoms with Gasteiger partial charge in [0.25, 0.3) is 6.43 Å². The molecule has 0 aliphatic carbocycles. The largest absolute Gasteiger partial charge is 0.385 e. The second-order valence-corrected chi connectivity index (χ2v) is 2.14. The van der Waals surface area contributed by atoms with Crippen LogP contribution in [0.4, 0.5) is 8.78 Å². The second-order valence-electron chi connectivity index (χ2n) is 2.14. The zero-order valence-corrected chi connectivity index (χ0v) is 6.69. The fourth-order valence-electron chi connectivity index (χ4n) is 0.434. The Morgan fingerprint density at radius 3 is 2.23 bits per heavy atom. The number of alkyl halides is 2. The summed E-state index contributed by atoms with van der Waals surface area (Å²) in [6, 6.07) is 0. The molecular weight excluding hydrogens is 184 g/mol. The molecule has 0 aliphatic heterocycles. The lowest BCUT2D eigenvalue weighted by atomic mass is 10.4. The van der Waals surface area contributed by atoms with E-state index in [1.807, 2.05) is 0 Å². The first-order chi connectivity index (χ1) is 5.93. The van der Waals surface area contributed by atoms with E-state index in [9.17, 15) is 8.78 Å². The predicted octanol–water partition coefficient (Wildman–Crippen LogP) is -1.80. The van der Waals surface area contributed by atoms with Crippen molar-refractivity contribution in [3.05, 3.63) is 0 Å². The maximum Gasteiger partial charge on any atom is 0.265 e. The highest BCUT2D eigenvalue weighted by Crippen LogP contribution is 2.00. The number of hydrogen-bond acceptors (Lipinski definition) is 2. The van der Waals surface area contributed by atoms with E-state index < -0.39 is 19.1 Å². The fraction of sp³-hybridized carbons (Fsp3) is 0.600. The molecule has 76 valence electrons. The lowest BCUT2D eigenvalue weighted by Gasteiger charge is -2.04. The number of aliphatic imine (C=N–C) groups is 2. The zero-order chi connectivity index (χ0) is 10.4. The SMILES string of the molecule is NC(N)=NC(N)=NCC(O)C(F)F. The number of nitrogens with zero attached hydrogens (tertiary/aromatic N) is 2. The summed E-state index contributed by atoms with van der Waals surface area (Å²) in [5.41, 5.74) is 14.9. The molecule has 1 unspecified atom stereocenters. The average Bonchev–Trinajstić information content (AvgIpc) is 1.98. The molecule has 13 heavy (non-hydrogen) atoms. The second kappa shape index (κ2) is 5.25. The van der Waals surface area contributed by atoms with Crippen LogP contribution in [0.25, 0.3) is 0 Å². The highest BCUT2D eigenvalue weighted by molar-refractivity contribution is 5.92. The lowest BCUT2D eigenvalue weighted by molar-refractivity contribution is 0.00178. The molecule has 6 nitrogen and oxygen atoms in total. The number of hydrogen-bond donors (Lipinski definition) is 4. The molecule has 0 aromatic heterocycles. The van der Waals surface area contributed by atoms with Crippen molar-refractivity contribution >= 4 is 11.9 Å². The first-order valence-electron chi connectivity index (χ1n) is 3.29. The molecule has 0 saturated heterocycles. The summed E-state index contributed by atoms with van der Waals surface area (Å²) < 4.78 is 23.4. The molecule has 0 bridgehead atoms. The topological polar surface area (TPSA) is 123 Å². The number of guanidine groups is 2. The molecule has 0 radical (unpaired) electrons. The molecule has 0 aliphatic rings. The van der Waals surface area contributed by atoms with Crippen molar-refractivity contribution in [2.75, 3.05) is 6.54 Å². The molecule has 0 rings (SSSR count). The van der Waals surface area contributed by atoms with Crippen LogP contribution in [0.15, 0.2) is 9.98 Å². The maximum atomic E-state index is 11.7. The average molecular weight is 195 g/mol. The van der Waals surface area contributed by atoms with Gasteiger partial charge < -0.3 is 22.3 Å². The van der Waals surface area contributed by atoms with Crippen LogP contribution in [0.3, 0.4) is 0 Å². The van der Waals surface area contributed by atoms with Gasteiger partial charge >= 0.3 is 0 Å². The third kappa shape index (κ3) is 5.79. The van der Waals surface area contributed by atoms with Gasteiger partial charge in [0, 0.05) is 0 Å². The monoisotopic (exact) mass is 195 g/mol. The summed E-state index contributed by atoms with van der Waals surface area (Å²) in [6.07, 6.45) is -4.72. The highest BCUT2D eigenvalue weighted by atomic mass is 19.3. The van der Waals surface area contributed by atoms with E-state index in [2.05, 4.69) is 9.98 Å². The molecule has 0 heterocycles. The summed E-state index contributed by atoms with van der Waals surface area (Å²) in [7, 11) is 0. The van der Waals surface area contributed by atoms with E-state index in [1.54, 1.807) is 0 Å². The van der Waals surface area contributed by atoms with Crippen molar-refractivity contribution in [1.29, 1.82) is 0 Å². The lowest BCUT2D eigenvalue weighted by Crippen LogP contribution is -2.28. The number of nitrogens with two attached hydrogens (primary N) is 3. The van der Waals surface area contributed by atoms with Crippen LogP contribution >= 0.6 is 0 Å². The first kappa shape index (κ1) is 11.6. The number of rotatable bonds is 3. The molecular formula is C5H11F2N5O. The van der Waals surface area contributed by atoms with Gasteiger partial charge in [-0.25, -0.2) is 13.8 Å². The Morgan fingerprint density at radius 2 is 1.85 bits per heavy atom. The van der Waals surface area contributed by atoms with Crippen LogP contribution in [0, 0.1) is 0 Å². The Morgan fingerprint density at radius 1 is 1.31 bits per heavy atom. The van der Waals surface area contributed by atoms with Crippen LogP contribution in [0.2, 0.25) is 0 Å². The van der Waals surface area contributed by atoms with Crippen molar-refractivity contribution in [3.8, 4) is 0 Å². The zero-order valence-electron chi connectivity index (χ0n) is 6.69. The smallest absolute Gasteiger partial charge is 0.265 e. The molecule has 7 N–H and O–H groups in total. The van der Waals surface area contributed by atoms with E-state index in [4.69, 9.17) is 22.3 Å². The van der Waals surface area contributed by atoms with E-state index in [0.717, 1.165) is 0 Å². The van der Waals surface area contributed by atoms with Gasteiger partial charge in [0.15, 0.2) is 5.96 Å². The van der Waals surface area contributed by atoms with Crippen molar-refractivity contribution in [2.24, 2.45) is 27.2 Å². The van der Waals surface area contributed by atoms with Crippen LogP contribution in [-0.4, -0.2) is 36.1 Å². The Kier molecular flexibility index (Phi) is 4.67. The number of halogens is 2. The summed E-state index contributed by atoms with van der Waals surface area (Å²) >= 11 is 0. The quantitative estimate of drug-likeness (QED) is 0.313. The maximum absolute atomic E-state index is 11.7. The van der Waals surface area contributed by atoms with Gasteiger partial charge in [-0.05, 0) is 0 Å². The first-order valence-corrected chi connectivity index (χ1v) is 3.29. The predicted molar refractivity (Wildman–Crippen MR) is 44.3 cm³/mol. The van der Waals surface area contributed by atoms with Crippen molar-refractivity contribution in [1.82, 2.24) is 0 Å². The van der Waals surface area contributed by atoms with Crippen LogP contribution < -0.4 is 17.2 Å². The minimum absolute atomic E-state index is 0.326. The van der Waals surface area contributed by atoms with Gasteiger partial charge in [-0.3, -0.25) is 0 Å². The van der Waals surface area contributed by atoms with Gasteiger partial charge in [0.1, 0.15) is 6.10 Å². The van der Waals surface area contributed by atoms with Crippen LogP contribution in [0.5, 0.6) is 0 Å². The molecule has 0 amide bonds. The molecule has 0 saturated carbocycles. The Bertz CT molecular complexity index is 213. The molecule has 0 fully saturated rings. The Labute approximate surface area is 73.1 Å². The Balaban J connectivity index is 4.04. The minimum Gasteiger partial charge on any atom is -0.385 e. The third-order valence-electron chi connectivity index (χ3n) is 0.975. The van der Waals surface area contributed by atoms with Gasteiger partial charge in [0.05, 0.1) is 6.54 Å². The van der Waals surface area contributed by atoms with E-state index in [0.29, 0.717) is 0 Å². The van der Waals surface area contributed by atoms with Crippen molar-refractivity contribution in [2.45, 2.75) is 12.5 Å². The summed E-state index contributed by atoms with van der Waals surface area (Å²) in [5, 5.41) is 8.59. The summed E-state index contributed by atoms with van der Waals surface area (Å²) in [5.74, 6) is -0.674. The molecule has 8 heteroatoms. The highest BCUT2D eigenvalue weighted by Gasteiger charge is 2.15. The summed E-state index contributed by atoms with van der Waals surface area (Å²) in [6.45, 7) is -0.541. The van der Waals surface area contributed by atoms with Crippen molar-refractivity contribution in [3.63, 3.8) is 0 Å². The van der Waals surface area contributed by atoms with Gasteiger partial charge in [-0.1, -0.05) is 0 Å². The van der Waals surface area contributed by atoms with E-state index in [-0.39, 0.29) is 11.9 Å². The van der Waals surface area contributed by atoms with Crippen molar-refractivity contribution < 1.29 is 13.9 Å². The van der Waals surface area contributed by atoms with Gasteiger partial charge in [-0.15, -0.1) is 0 Å². The normalized spacial score (nSPS) is 14.3. The van der Waals surface area contributed by atoms with E-state index in [1.165, 1.54) is 0 Å². The standard InChI is InChI=1S/C5H11F2N5O/c6-3(7)2(13)1-11-5(10)12-4(8)9/h2-3,13H,1H2,(H6,8,9,10,11,12).